The number of para-hydroxylation sites is 1. The van der Waals surface area contributed by atoms with Crippen LogP contribution in [0, 0.1) is 0 Å². The first-order valence-corrected chi connectivity index (χ1v) is 20.2. The van der Waals surface area contributed by atoms with Crippen molar-refractivity contribution >= 4 is 70.5 Å². The molecule has 11 aromatic rings. The highest BCUT2D eigenvalue weighted by molar-refractivity contribution is 7.25. The maximum absolute atomic E-state index is 6.51. The van der Waals surface area contributed by atoms with Crippen LogP contribution in [0.4, 0.5) is 17.1 Å². The standard InChI is InChI=1S/C54H35NOS/c1-3-15-37(16-4-1)41-19-7-8-21-44(41)53-42(38-17-5-2-6-18-38)23-13-24-47(53)55(48-25-14-27-50-54(48)45-22-9-11-26-49(45)56-50)40-32-29-36(30-33-40)39-31-34-52-46(35-39)43-20-10-12-28-51(43)57-52/h1-35H. The van der Waals surface area contributed by atoms with Crippen LogP contribution in [-0.4, -0.2) is 0 Å². The lowest BCUT2D eigenvalue weighted by atomic mass is 9.87. The summed E-state index contributed by atoms with van der Waals surface area (Å²) < 4.78 is 9.14. The molecule has 3 heteroatoms. The fourth-order valence-corrected chi connectivity index (χ4v) is 9.58. The van der Waals surface area contributed by atoms with Gasteiger partial charge in [0.25, 0.3) is 0 Å². The predicted molar refractivity (Wildman–Crippen MR) is 243 cm³/mol. The van der Waals surface area contributed by atoms with Gasteiger partial charge >= 0.3 is 0 Å². The fourth-order valence-electron chi connectivity index (χ4n) is 8.50. The number of anilines is 3. The van der Waals surface area contributed by atoms with Crippen LogP contribution in [0.2, 0.25) is 0 Å². The summed E-state index contributed by atoms with van der Waals surface area (Å²) in [6.07, 6.45) is 0. The van der Waals surface area contributed by atoms with Gasteiger partial charge in [-0.05, 0) is 93.5 Å². The van der Waals surface area contributed by atoms with Crippen LogP contribution < -0.4 is 4.90 Å². The maximum atomic E-state index is 6.51. The van der Waals surface area contributed by atoms with Crippen LogP contribution in [0.1, 0.15) is 0 Å². The molecule has 57 heavy (non-hydrogen) atoms. The summed E-state index contributed by atoms with van der Waals surface area (Å²) in [5.41, 5.74) is 14.3. The van der Waals surface area contributed by atoms with Crippen molar-refractivity contribution in [1.29, 1.82) is 0 Å². The molecule has 0 N–H and O–H groups in total. The van der Waals surface area contributed by atoms with E-state index in [1.165, 1.54) is 53.6 Å². The highest BCUT2D eigenvalue weighted by atomic mass is 32.1. The third-order valence-electron chi connectivity index (χ3n) is 11.1. The summed E-state index contributed by atoms with van der Waals surface area (Å²) in [7, 11) is 0. The van der Waals surface area contributed by atoms with Crippen molar-refractivity contribution in [1.82, 2.24) is 0 Å². The second kappa shape index (κ2) is 13.8. The van der Waals surface area contributed by atoms with Gasteiger partial charge < -0.3 is 9.32 Å². The van der Waals surface area contributed by atoms with E-state index < -0.39 is 0 Å². The molecule has 2 nitrogen and oxygen atoms in total. The monoisotopic (exact) mass is 745 g/mol. The zero-order valence-electron chi connectivity index (χ0n) is 31.0. The van der Waals surface area contributed by atoms with E-state index in [1.54, 1.807) is 0 Å². The first-order valence-electron chi connectivity index (χ1n) is 19.3. The molecule has 0 aliphatic rings. The molecular weight excluding hydrogens is 711 g/mol. The third kappa shape index (κ3) is 5.71. The fraction of sp³-hybridized carbons (Fsp3) is 0. The Morgan fingerprint density at radius 3 is 1.74 bits per heavy atom. The molecule has 0 spiro atoms. The van der Waals surface area contributed by atoms with E-state index in [0.29, 0.717) is 0 Å². The number of thiophene rings is 1. The Labute approximate surface area is 335 Å². The Morgan fingerprint density at radius 1 is 0.351 bits per heavy atom. The van der Waals surface area contributed by atoms with Crippen LogP contribution >= 0.6 is 11.3 Å². The van der Waals surface area contributed by atoms with Gasteiger partial charge in [-0.15, -0.1) is 11.3 Å². The largest absolute Gasteiger partial charge is 0.456 e. The molecule has 0 fully saturated rings. The van der Waals surface area contributed by atoms with E-state index in [4.69, 9.17) is 4.42 Å². The minimum Gasteiger partial charge on any atom is -0.456 e. The lowest BCUT2D eigenvalue weighted by Crippen LogP contribution is -2.12. The first-order chi connectivity index (χ1) is 28.3. The van der Waals surface area contributed by atoms with E-state index >= 15 is 0 Å². The van der Waals surface area contributed by atoms with Crippen molar-refractivity contribution in [3.05, 3.63) is 212 Å². The average Bonchev–Trinajstić information content (AvgIpc) is 3.86. The molecular formula is C54H35NOS. The molecule has 0 aliphatic heterocycles. The molecule has 268 valence electrons. The van der Waals surface area contributed by atoms with E-state index in [9.17, 15) is 0 Å². The average molecular weight is 746 g/mol. The second-order valence-corrected chi connectivity index (χ2v) is 15.5. The lowest BCUT2D eigenvalue weighted by Gasteiger charge is -2.30. The summed E-state index contributed by atoms with van der Waals surface area (Å²) in [5.74, 6) is 0. The summed E-state index contributed by atoms with van der Waals surface area (Å²) in [4.78, 5) is 2.44. The number of furan rings is 1. The van der Waals surface area contributed by atoms with Crippen molar-refractivity contribution in [3.63, 3.8) is 0 Å². The van der Waals surface area contributed by atoms with Crippen LogP contribution in [0.15, 0.2) is 217 Å². The van der Waals surface area contributed by atoms with E-state index in [2.05, 4.69) is 211 Å². The molecule has 0 saturated heterocycles. The minimum atomic E-state index is 0.858. The van der Waals surface area contributed by atoms with Gasteiger partial charge in [0.05, 0.1) is 16.8 Å². The minimum absolute atomic E-state index is 0.858. The number of benzene rings is 9. The topological polar surface area (TPSA) is 16.4 Å². The van der Waals surface area contributed by atoms with E-state index in [1.807, 2.05) is 17.4 Å². The molecule has 0 atom stereocenters. The summed E-state index contributed by atoms with van der Waals surface area (Å²) in [6, 6.07) is 76.5. The highest BCUT2D eigenvalue weighted by Crippen LogP contribution is 2.50. The molecule has 11 rings (SSSR count). The zero-order valence-corrected chi connectivity index (χ0v) is 31.8. The van der Waals surface area contributed by atoms with Crippen LogP contribution in [0.5, 0.6) is 0 Å². The SMILES string of the molecule is c1ccc(-c2ccccc2-c2c(-c3ccccc3)cccc2N(c2ccc(-c3ccc4sc5ccccc5c4c3)cc2)c2cccc3oc4ccccc4c23)cc1. The van der Waals surface area contributed by atoms with Gasteiger partial charge in [0, 0.05) is 36.8 Å². The Balaban J connectivity index is 1.17. The van der Waals surface area contributed by atoms with Crippen molar-refractivity contribution in [2.75, 3.05) is 4.90 Å². The Bertz CT molecular complexity index is 3230. The van der Waals surface area contributed by atoms with Crippen molar-refractivity contribution in [2.24, 2.45) is 0 Å². The van der Waals surface area contributed by atoms with Gasteiger partial charge in [-0.2, -0.15) is 0 Å². The lowest BCUT2D eigenvalue weighted by molar-refractivity contribution is 0.669. The van der Waals surface area contributed by atoms with Crippen molar-refractivity contribution in [2.45, 2.75) is 0 Å². The van der Waals surface area contributed by atoms with Crippen molar-refractivity contribution in [3.8, 4) is 44.5 Å². The highest BCUT2D eigenvalue weighted by Gasteiger charge is 2.25. The summed E-state index contributed by atoms with van der Waals surface area (Å²) in [6.45, 7) is 0. The van der Waals surface area contributed by atoms with Crippen LogP contribution in [-0.2, 0) is 0 Å². The smallest absolute Gasteiger partial charge is 0.137 e. The van der Waals surface area contributed by atoms with Crippen LogP contribution in [0.25, 0.3) is 86.6 Å². The van der Waals surface area contributed by atoms with Crippen LogP contribution in [0.3, 0.4) is 0 Å². The number of fused-ring (bicyclic) bond motifs is 6. The second-order valence-electron chi connectivity index (χ2n) is 14.4. The number of hydrogen-bond acceptors (Lipinski definition) is 3. The number of nitrogens with zero attached hydrogens (tertiary/aromatic N) is 1. The Morgan fingerprint density at radius 2 is 0.930 bits per heavy atom. The summed E-state index contributed by atoms with van der Waals surface area (Å²) >= 11 is 1.85. The Hall–Kier alpha value is -7.20. The molecule has 0 radical (unpaired) electrons. The predicted octanol–water partition coefficient (Wildman–Crippen LogP) is 16.1. The normalized spacial score (nSPS) is 11.5. The zero-order chi connectivity index (χ0) is 37.7. The quantitative estimate of drug-likeness (QED) is 0.162. The molecule has 0 aliphatic carbocycles. The number of rotatable bonds is 7. The van der Waals surface area contributed by atoms with Gasteiger partial charge in [-0.1, -0.05) is 158 Å². The molecule has 9 aromatic carbocycles. The van der Waals surface area contributed by atoms with Gasteiger partial charge in [0.15, 0.2) is 0 Å². The Kier molecular flexibility index (Phi) is 8.04. The molecule has 0 unspecified atom stereocenters. The van der Waals surface area contributed by atoms with Gasteiger partial charge in [-0.25, -0.2) is 0 Å². The van der Waals surface area contributed by atoms with E-state index in [0.717, 1.165) is 50.1 Å². The molecule has 2 heterocycles. The van der Waals surface area contributed by atoms with Gasteiger partial charge in [0.1, 0.15) is 11.2 Å². The molecule has 2 aromatic heterocycles. The third-order valence-corrected chi connectivity index (χ3v) is 12.3. The maximum Gasteiger partial charge on any atom is 0.137 e. The first kappa shape index (κ1) is 33.2. The molecule has 0 bridgehead atoms. The summed E-state index contributed by atoms with van der Waals surface area (Å²) in [5, 5.41) is 4.78. The molecule has 0 saturated carbocycles. The number of hydrogen-bond donors (Lipinski definition) is 0. The van der Waals surface area contributed by atoms with Gasteiger partial charge in [-0.3, -0.25) is 0 Å². The van der Waals surface area contributed by atoms with E-state index in [-0.39, 0.29) is 0 Å². The molecule has 0 amide bonds. The van der Waals surface area contributed by atoms with Crippen molar-refractivity contribution < 1.29 is 4.42 Å². The van der Waals surface area contributed by atoms with Gasteiger partial charge in [0.2, 0.25) is 0 Å².